The molecule has 0 aliphatic rings. The number of nitrogens with zero attached hydrogens (tertiary/aromatic N) is 3. The van der Waals surface area contributed by atoms with Crippen molar-refractivity contribution < 1.29 is 9.90 Å². The predicted octanol–water partition coefficient (Wildman–Crippen LogP) is 1.18. The van der Waals surface area contributed by atoms with Crippen molar-refractivity contribution >= 4 is 28.4 Å². The van der Waals surface area contributed by atoms with Crippen molar-refractivity contribution in [3.05, 3.63) is 68.7 Å². The number of hydrogen-bond acceptors (Lipinski definition) is 5. The molecule has 0 aliphatic heterocycles. The number of aromatic nitrogens is 3. The van der Waals surface area contributed by atoms with Crippen LogP contribution in [0.15, 0.2) is 41.3 Å². The van der Waals surface area contributed by atoms with Crippen LogP contribution in [0.5, 0.6) is 0 Å². The molecule has 0 aliphatic carbocycles. The van der Waals surface area contributed by atoms with Gasteiger partial charge in [-0.15, -0.1) is 0 Å². The van der Waals surface area contributed by atoms with Crippen LogP contribution in [0, 0.1) is 11.8 Å². The van der Waals surface area contributed by atoms with Crippen molar-refractivity contribution in [3.8, 4) is 11.8 Å². The SMILES string of the molecule is Cn1nc(CC(=O)NCc2ccc(Cl)cc2)c(=O)c2cc(C#CCO)ncc21. The van der Waals surface area contributed by atoms with Gasteiger partial charge < -0.3 is 10.4 Å². The number of nitrogens with one attached hydrogen (secondary N) is 1. The second-order valence-electron chi connectivity index (χ2n) is 6.03. The van der Waals surface area contributed by atoms with Gasteiger partial charge in [-0.05, 0) is 29.7 Å². The Balaban J connectivity index is 1.81. The minimum Gasteiger partial charge on any atom is -0.384 e. The molecule has 0 atom stereocenters. The third kappa shape index (κ3) is 4.55. The number of carbonyl (C=O) groups is 1. The summed E-state index contributed by atoms with van der Waals surface area (Å²) in [5, 5.41) is 16.8. The fraction of sp³-hybridized carbons (Fsp3) is 0.200. The van der Waals surface area contributed by atoms with E-state index in [0.717, 1.165) is 5.56 Å². The monoisotopic (exact) mass is 396 g/mol. The molecule has 1 aromatic carbocycles. The number of rotatable bonds is 4. The Morgan fingerprint density at radius 1 is 1.32 bits per heavy atom. The number of halogens is 1. The van der Waals surface area contributed by atoms with Crippen molar-refractivity contribution in [2.24, 2.45) is 7.05 Å². The minimum absolute atomic E-state index is 0.135. The van der Waals surface area contributed by atoms with Gasteiger partial charge in [-0.3, -0.25) is 14.3 Å². The number of pyridine rings is 1. The van der Waals surface area contributed by atoms with Gasteiger partial charge in [0.25, 0.3) is 0 Å². The molecule has 2 aromatic heterocycles. The van der Waals surface area contributed by atoms with E-state index in [0.29, 0.717) is 28.2 Å². The van der Waals surface area contributed by atoms with Gasteiger partial charge in [0, 0.05) is 18.6 Å². The third-order valence-electron chi connectivity index (χ3n) is 4.04. The number of amides is 1. The Labute approximate surface area is 166 Å². The molecule has 3 aromatic rings. The second kappa shape index (κ2) is 8.65. The first kappa shape index (κ1) is 19.5. The summed E-state index contributed by atoms with van der Waals surface area (Å²) in [6.45, 7) is 0.0296. The highest BCUT2D eigenvalue weighted by Gasteiger charge is 2.14. The summed E-state index contributed by atoms with van der Waals surface area (Å²) in [4.78, 5) is 29.2. The highest BCUT2D eigenvalue weighted by molar-refractivity contribution is 6.30. The largest absolute Gasteiger partial charge is 0.384 e. The van der Waals surface area contributed by atoms with Crippen molar-refractivity contribution in [2.45, 2.75) is 13.0 Å². The van der Waals surface area contributed by atoms with Gasteiger partial charge in [-0.25, -0.2) is 4.98 Å². The zero-order valence-corrected chi connectivity index (χ0v) is 15.8. The van der Waals surface area contributed by atoms with Crippen molar-refractivity contribution in [1.82, 2.24) is 20.1 Å². The fourth-order valence-electron chi connectivity index (χ4n) is 2.66. The topological polar surface area (TPSA) is 97.1 Å². The Hall–Kier alpha value is -3.21. The van der Waals surface area contributed by atoms with Crippen molar-refractivity contribution in [1.29, 1.82) is 0 Å². The molecule has 0 fully saturated rings. The van der Waals surface area contributed by atoms with Crippen LogP contribution < -0.4 is 10.7 Å². The lowest BCUT2D eigenvalue weighted by Gasteiger charge is -2.09. The van der Waals surface area contributed by atoms with Gasteiger partial charge in [-0.2, -0.15) is 5.10 Å². The lowest BCUT2D eigenvalue weighted by molar-refractivity contribution is -0.120. The summed E-state index contributed by atoms with van der Waals surface area (Å²) in [5.74, 6) is 4.85. The molecule has 3 rings (SSSR count). The van der Waals surface area contributed by atoms with Crippen LogP contribution >= 0.6 is 11.6 Å². The van der Waals surface area contributed by atoms with Crippen LogP contribution in [-0.2, 0) is 24.8 Å². The zero-order chi connectivity index (χ0) is 20.1. The number of carbonyl (C=O) groups excluding carboxylic acids is 1. The van der Waals surface area contributed by atoms with E-state index in [9.17, 15) is 9.59 Å². The Kier molecular flexibility index (Phi) is 6.04. The second-order valence-corrected chi connectivity index (χ2v) is 6.46. The fourth-order valence-corrected chi connectivity index (χ4v) is 2.78. The molecule has 0 bridgehead atoms. The van der Waals surface area contributed by atoms with Gasteiger partial charge in [0.05, 0.1) is 23.5 Å². The van der Waals surface area contributed by atoms with E-state index >= 15 is 0 Å². The molecule has 7 nitrogen and oxygen atoms in total. The molecular weight excluding hydrogens is 380 g/mol. The van der Waals surface area contributed by atoms with Crippen LogP contribution in [0.4, 0.5) is 0 Å². The van der Waals surface area contributed by atoms with Gasteiger partial charge in [0.15, 0.2) is 0 Å². The summed E-state index contributed by atoms with van der Waals surface area (Å²) in [5.41, 5.74) is 1.59. The quantitative estimate of drug-likeness (QED) is 0.645. The number of fused-ring (bicyclic) bond motifs is 1. The molecular formula is C20H17ClN4O3. The first-order valence-corrected chi connectivity index (χ1v) is 8.82. The molecule has 0 radical (unpaired) electrons. The standard InChI is InChI=1S/C20H17ClN4O3/c1-25-18-12-22-15(3-2-8-26)9-16(18)20(28)17(24-25)10-19(27)23-11-13-4-6-14(21)7-5-13/h4-7,9,12,26H,8,10-11H2,1H3,(H,23,27). The normalized spacial score (nSPS) is 10.4. The molecule has 0 spiro atoms. The van der Waals surface area contributed by atoms with Crippen molar-refractivity contribution in [3.63, 3.8) is 0 Å². The summed E-state index contributed by atoms with van der Waals surface area (Å²) in [6.07, 6.45) is 1.35. The highest BCUT2D eigenvalue weighted by Crippen LogP contribution is 2.10. The van der Waals surface area contributed by atoms with Gasteiger partial charge in [-0.1, -0.05) is 29.7 Å². The van der Waals surface area contributed by atoms with Crippen LogP contribution in [-0.4, -0.2) is 32.4 Å². The molecule has 8 heteroatoms. The lowest BCUT2D eigenvalue weighted by Crippen LogP contribution is -2.29. The maximum atomic E-state index is 12.8. The van der Waals surface area contributed by atoms with E-state index in [4.69, 9.17) is 16.7 Å². The average Bonchev–Trinajstić information content (AvgIpc) is 2.69. The highest BCUT2D eigenvalue weighted by atomic mass is 35.5. The van der Waals surface area contributed by atoms with Crippen LogP contribution in [0.2, 0.25) is 5.02 Å². The molecule has 2 N–H and O–H groups in total. The lowest BCUT2D eigenvalue weighted by atomic mass is 10.1. The summed E-state index contributed by atoms with van der Waals surface area (Å²) < 4.78 is 1.51. The summed E-state index contributed by atoms with van der Waals surface area (Å²) in [7, 11) is 1.68. The predicted molar refractivity (Wildman–Crippen MR) is 106 cm³/mol. The number of aryl methyl sites for hydroxylation is 1. The maximum absolute atomic E-state index is 12.8. The molecule has 0 unspecified atom stereocenters. The van der Waals surface area contributed by atoms with Gasteiger partial charge >= 0.3 is 0 Å². The first-order valence-electron chi connectivity index (χ1n) is 8.44. The molecule has 1 amide bonds. The average molecular weight is 397 g/mol. The number of benzene rings is 1. The number of aliphatic hydroxyl groups is 1. The molecule has 142 valence electrons. The van der Waals surface area contributed by atoms with E-state index in [1.165, 1.54) is 16.9 Å². The minimum atomic E-state index is -0.343. The number of hydrogen-bond donors (Lipinski definition) is 2. The zero-order valence-electron chi connectivity index (χ0n) is 15.1. The molecule has 2 heterocycles. The smallest absolute Gasteiger partial charge is 0.226 e. The van der Waals surface area contributed by atoms with Crippen LogP contribution in [0.1, 0.15) is 17.0 Å². The first-order chi connectivity index (χ1) is 13.5. The van der Waals surface area contributed by atoms with Crippen LogP contribution in [0.25, 0.3) is 10.9 Å². The summed E-state index contributed by atoms with van der Waals surface area (Å²) in [6, 6.07) is 8.66. The Morgan fingerprint density at radius 2 is 2.07 bits per heavy atom. The van der Waals surface area contributed by atoms with E-state index < -0.39 is 0 Å². The maximum Gasteiger partial charge on any atom is 0.226 e. The van der Waals surface area contributed by atoms with Crippen LogP contribution in [0.3, 0.4) is 0 Å². The van der Waals surface area contributed by atoms with E-state index in [-0.39, 0.29) is 30.1 Å². The Morgan fingerprint density at radius 3 is 2.79 bits per heavy atom. The summed E-state index contributed by atoms with van der Waals surface area (Å²) >= 11 is 5.84. The molecule has 28 heavy (non-hydrogen) atoms. The van der Waals surface area contributed by atoms with E-state index in [2.05, 4.69) is 27.2 Å². The van der Waals surface area contributed by atoms with Crippen molar-refractivity contribution in [2.75, 3.05) is 6.61 Å². The van der Waals surface area contributed by atoms with E-state index in [1.54, 1.807) is 19.2 Å². The van der Waals surface area contributed by atoms with Gasteiger partial charge in [0.1, 0.15) is 18.0 Å². The molecule has 0 saturated heterocycles. The van der Waals surface area contributed by atoms with Gasteiger partial charge in [0.2, 0.25) is 11.3 Å². The number of aliphatic hydroxyl groups excluding tert-OH is 1. The molecule has 0 saturated carbocycles. The Bertz CT molecular complexity index is 1140. The van der Waals surface area contributed by atoms with E-state index in [1.807, 2.05) is 12.1 Å². The third-order valence-corrected chi connectivity index (χ3v) is 4.29.